The number of carbonyl (C=O) groups is 2. The first-order valence-corrected chi connectivity index (χ1v) is 20.5. The van der Waals surface area contributed by atoms with Crippen LogP contribution in [0.3, 0.4) is 0 Å². The molecule has 0 saturated heterocycles. The SMILES string of the molecule is CCCCCCCCCCCOC(=O)CCCCCC(O)CCCCCC(=O)OCCCCC(CCCCCC)CCCCCC. The summed E-state index contributed by atoms with van der Waals surface area (Å²) < 4.78 is 10.9. The summed E-state index contributed by atoms with van der Waals surface area (Å²) in [5.41, 5.74) is 0. The third-order valence-electron chi connectivity index (χ3n) is 9.55. The molecule has 0 aliphatic carbocycles. The predicted octanol–water partition coefficient (Wildman–Crippen LogP) is 12.6. The first-order chi connectivity index (χ1) is 22.5. The number of unbranched alkanes of at least 4 members (excludes halogenated alkanes) is 19. The number of hydrogen-bond acceptors (Lipinski definition) is 5. The van der Waals surface area contributed by atoms with Crippen molar-refractivity contribution in [3.8, 4) is 0 Å². The van der Waals surface area contributed by atoms with Crippen molar-refractivity contribution in [2.24, 2.45) is 5.92 Å². The van der Waals surface area contributed by atoms with Crippen LogP contribution in [0.25, 0.3) is 0 Å². The van der Waals surface area contributed by atoms with Gasteiger partial charge in [-0.1, -0.05) is 168 Å². The second-order valence-electron chi connectivity index (χ2n) is 14.2. The summed E-state index contributed by atoms with van der Waals surface area (Å²) in [5.74, 6) is 0.708. The predicted molar refractivity (Wildman–Crippen MR) is 196 cm³/mol. The molecule has 0 rings (SSSR count). The molecule has 0 aromatic rings. The highest BCUT2D eigenvalue weighted by molar-refractivity contribution is 5.69. The van der Waals surface area contributed by atoms with E-state index in [0.29, 0.717) is 26.1 Å². The van der Waals surface area contributed by atoms with Gasteiger partial charge in [-0.15, -0.1) is 0 Å². The van der Waals surface area contributed by atoms with E-state index < -0.39 is 0 Å². The Morgan fingerprint density at radius 1 is 0.413 bits per heavy atom. The number of carbonyl (C=O) groups excluding carboxylic acids is 2. The summed E-state index contributed by atoms with van der Waals surface area (Å²) in [6, 6.07) is 0. The van der Waals surface area contributed by atoms with Crippen molar-refractivity contribution >= 4 is 11.9 Å². The van der Waals surface area contributed by atoms with Gasteiger partial charge in [0.05, 0.1) is 19.3 Å². The molecular weight excluding hydrogens is 572 g/mol. The van der Waals surface area contributed by atoms with Crippen LogP contribution in [0.2, 0.25) is 0 Å². The number of aliphatic hydroxyl groups excluding tert-OH is 1. The van der Waals surface area contributed by atoms with Crippen LogP contribution >= 0.6 is 0 Å². The Hall–Kier alpha value is -1.10. The third-order valence-corrected chi connectivity index (χ3v) is 9.55. The van der Waals surface area contributed by atoms with Crippen LogP contribution in [0.5, 0.6) is 0 Å². The molecule has 0 fully saturated rings. The van der Waals surface area contributed by atoms with E-state index in [0.717, 1.165) is 76.5 Å². The Bertz CT molecular complexity index is 624. The van der Waals surface area contributed by atoms with Gasteiger partial charge in [0.2, 0.25) is 0 Å². The lowest BCUT2D eigenvalue weighted by molar-refractivity contribution is -0.144. The molecule has 0 bridgehead atoms. The van der Waals surface area contributed by atoms with E-state index in [1.165, 1.54) is 122 Å². The lowest BCUT2D eigenvalue weighted by Crippen LogP contribution is -2.08. The molecule has 1 unspecified atom stereocenters. The monoisotopic (exact) mass is 653 g/mol. The fourth-order valence-corrected chi connectivity index (χ4v) is 6.41. The van der Waals surface area contributed by atoms with Crippen LogP contribution in [0.1, 0.15) is 226 Å². The molecule has 1 N–H and O–H groups in total. The molecule has 1 atom stereocenters. The summed E-state index contributed by atoms with van der Waals surface area (Å²) in [6.45, 7) is 7.93. The van der Waals surface area contributed by atoms with E-state index in [2.05, 4.69) is 20.8 Å². The average Bonchev–Trinajstić information content (AvgIpc) is 3.05. The van der Waals surface area contributed by atoms with Crippen molar-refractivity contribution in [2.45, 2.75) is 232 Å². The maximum absolute atomic E-state index is 12.1. The first kappa shape index (κ1) is 44.9. The van der Waals surface area contributed by atoms with Crippen molar-refractivity contribution in [3.63, 3.8) is 0 Å². The van der Waals surface area contributed by atoms with Crippen LogP contribution in [0.15, 0.2) is 0 Å². The average molecular weight is 653 g/mol. The molecule has 0 spiro atoms. The molecule has 0 aliphatic rings. The minimum atomic E-state index is -0.285. The highest BCUT2D eigenvalue weighted by Gasteiger charge is 2.10. The fraction of sp³-hybridized carbons (Fsp3) is 0.951. The zero-order valence-corrected chi connectivity index (χ0v) is 31.3. The number of esters is 2. The second kappa shape index (κ2) is 36.7. The van der Waals surface area contributed by atoms with Crippen LogP contribution < -0.4 is 0 Å². The van der Waals surface area contributed by atoms with Crippen molar-refractivity contribution < 1.29 is 24.2 Å². The summed E-state index contributed by atoms with van der Waals surface area (Å²) in [4.78, 5) is 24.1. The fourth-order valence-electron chi connectivity index (χ4n) is 6.41. The first-order valence-electron chi connectivity index (χ1n) is 20.5. The number of ether oxygens (including phenoxy) is 2. The van der Waals surface area contributed by atoms with Crippen molar-refractivity contribution in [1.82, 2.24) is 0 Å². The molecule has 5 nitrogen and oxygen atoms in total. The van der Waals surface area contributed by atoms with Crippen molar-refractivity contribution in [2.75, 3.05) is 13.2 Å². The summed E-state index contributed by atoms with van der Waals surface area (Å²) in [6.07, 6.45) is 36.1. The zero-order valence-electron chi connectivity index (χ0n) is 31.3. The van der Waals surface area contributed by atoms with E-state index in [1.807, 2.05) is 0 Å². The Morgan fingerprint density at radius 3 is 1.15 bits per heavy atom. The topological polar surface area (TPSA) is 72.8 Å². The molecule has 0 aliphatic heterocycles. The normalized spacial score (nSPS) is 12.1. The van der Waals surface area contributed by atoms with E-state index in [9.17, 15) is 14.7 Å². The Labute approximate surface area is 287 Å². The standard InChI is InChI=1S/C41H80O5/c1-4-7-10-13-14-15-16-17-27-36-45-40(43)34-24-18-22-32-39(42)33-23-19-25-35-41(44)46-37-28-26-31-38(29-20-11-8-5-2)30-21-12-9-6-3/h38-39,42H,4-37H2,1-3H3. The van der Waals surface area contributed by atoms with Gasteiger partial charge in [-0.05, 0) is 50.9 Å². The van der Waals surface area contributed by atoms with E-state index in [-0.39, 0.29) is 18.0 Å². The van der Waals surface area contributed by atoms with Gasteiger partial charge in [0.15, 0.2) is 0 Å². The van der Waals surface area contributed by atoms with E-state index in [1.54, 1.807) is 0 Å². The third kappa shape index (κ3) is 34.2. The van der Waals surface area contributed by atoms with Crippen LogP contribution in [-0.4, -0.2) is 36.4 Å². The zero-order chi connectivity index (χ0) is 33.8. The minimum absolute atomic E-state index is 0.0667. The van der Waals surface area contributed by atoms with Gasteiger partial charge in [-0.25, -0.2) is 0 Å². The number of rotatable bonds is 37. The number of aliphatic hydroxyl groups is 1. The second-order valence-corrected chi connectivity index (χ2v) is 14.2. The molecule has 0 radical (unpaired) electrons. The smallest absolute Gasteiger partial charge is 0.305 e. The quantitative estimate of drug-likeness (QED) is 0.0534. The molecule has 0 amide bonds. The van der Waals surface area contributed by atoms with E-state index >= 15 is 0 Å². The summed E-state index contributed by atoms with van der Waals surface area (Å²) in [5, 5.41) is 10.3. The van der Waals surface area contributed by atoms with Gasteiger partial charge in [0.25, 0.3) is 0 Å². The molecule has 0 aromatic heterocycles. The molecule has 0 aromatic carbocycles. The van der Waals surface area contributed by atoms with Crippen LogP contribution in [0, 0.1) is 5.92 Å². The largest absolute Gasteiger partial charge is 0.466 e. The van der Waals surface area contributed by atoms with Gasteiger partial charge in [-0.3, -0.25) is 9.59 Å². The maximum atomic E-state index is 12.1. The van der Waals surface area contributed by atoms with Gasteiger partial charge in [0, 0.05) is 12.8 Å². The lowest BCUT2D eigenvalue weighted by atomic mass is 9.90. The molecule has 0 saturated carbocycles. The lowest BCUT2D eigenvalue weighted by Gasteiger charge is -2.17. The molecular formula is C41H80O5. The summed E-state index contributed by atoms with van der Waals surface area (Å²) in [7, 11) is 0. The van der Waals surface area contributed by atoms with Crippen molar-refractivity contribution in [1.29, 1.82) is 0 Å². The van der Waals surface area contributed by atoms with Gasteiger partial charge in [0.1, 0.15) is 0 Å². The molecule has 274 valence electrons. The Balaban J connectivity index is 3.61. The van der Waals surface area contributed by atoms with E-state index in [4.69, 9.17) is 9.47 Å². The van der Waals surface area contributed by atoms with Gasteiger partial charge >= 0.3 is 11.9 Å². The highest BCUT2D eigenvalue weighted by atomic mass is 16.5. The van der Waals surface area contributed by atoms with Crippen LogP contribution in [-0.2, 0) is 19.1 Å². The number of hydrogen-bond donors (Lipinski definition) is 1. The Kier molecular flexibility index (Phi) is 35.9. The maximum Gasteiger partial charge on any atom is 0.305 e. The molecule has 0 heterocycles. The molecule has 5 heteroatoms. The van der Waals surface area contributed by atoms with Crippen molar-refractivity contribution in [3.05, 3.63) is 0 Å². The molecule has 46 heavy (non-hydrogen) atoms. The summed E-state index contributed by atoms with van der Waals surface area (Å²) >= 11 is 0. The Morgan fingerprint density at radius 2 is 0.717 bits per heavy atom. The van der Waals surface area contributed by atoms with Gasteiger partial charge < -0.3 is 14.6 Å². The van der Waals surface area contributed by atoms with Crippen LogP contribution in [0.4, 0.5) is 0 Å². The van der Waals surface area contributed by atoms with Gasteiger partial charge in [-0.2, -0.15) is 0 Å². The highest BCUT2D eigenvalue weighted by Crippen LogP contribution is 2.24. The minimum Gasteiger partial charge on any atom is -0.466 e.